The van der Waals surface area contributed by atoms with Crippen molar-refractivity contribution in [2.45, 2.75) is 51.4 Å². The molecule has 0 amide bonds. The fraction of sp³-hybridized carbons (Fsp3) is 0.308. The minimum atomic E-state index is -0.140. The highest BCUT2D eigenvalue weighted by molar-refractivity contribution is 9.10. The first-order chi connectivity index (χ1) is 13.5. The van der Waals surface area contributed by atoms with Crippen LogP contribution in [0.3, 0.4) is 0 Å². The summed E-state index contributed by atoms with van der Waals surface area (Å²) in [5.41, 5.74) is 8.12. The molecule has 3 aromatic rings. The molecule has 0 spiro atoms. The first kappa shape index (κ1) is 19.9. The molecule has 1 aliphatic rings. The van der Waals surface area contributed by atoms with Crippen LogP contribution in [0.25, 0.3) is 11.1 Å². The Bertz CT molecular complexity index is 934. The van der Waals surface area contributed by atoms with Crippen molar-refractivity contribution in [2.24, 2.45) is 0 Å². The number of rotatable bonds is 6. The normalized spacial score (nSPS) is 14.0. The summed E-state index contributed by atoms with van der Waals surface area (Å²) in [5.74, 6) is 0. The van der Waals surface area contributed by atoms with Gasteiger partial charge in [-0.2, -0.15) is 0 Å². The van der Waals surface area contributed by atoms with Crippen molar-refractivity contribution in [3.63, 3.8) is 0 Å². The maximum Gasteiger partial charge on any atom is 0.0436 e. The van der Waals surface area contributed by atoms with Gasteiger partial charge in [-0.25, -0.2) is 0 Å². The molecule has 0 bridgehead atoms. The van der Waals surface area contributed by atoms with Crippen molar-refractivity contribution in [1.82, 2.24) is 0 Å². The second-order valence-corrected chi connectivity index (χ2v) is 9.84. The van der Waals surface area contributed by atoms with E-state index in [1.807, 2.05) is 0 Å². The highest BCUT2D eigenvalue weighted by atomic mass is 79.9. The van der Waals surface area contributed by atoms with Crippen LogP contribution in [-0.4, -0.2) is 0 Å². The number of fused-ring (bicyclic) bond motifs is 3. The monoisotopic (exact) mass is 496 g/mol. The fourth-order valence-electron chi connectivity index (χ4n) is 4.55. The second-order valence-electron chi connectivity index (χ2n) is 8.01. The van der Waals surface area contributed by atoms with E-state index >= 15 is 0 Å². The standard InChI is InChI=1S/C26H26Br2/c1-3-4-5-6-7-18-8-10-19(11-9-18)26(2)24-16-20(27)12-14-22(24)23-15-13-21(28)17-25(23)26/h8-17H,3-7H2,1-2H3. The highest BCUT2D eigenvalue weighted by Gasteiger charge is 2.40. The van der Waals surface area contributed by atoms with E-state index in [4.69, 9.17) is 0 Å². The van der Waals surface area contributed by atoms with Gasteiger partial charge in [0, 0.05) is 14.4 Å². The molecule has 0 N–H and O–H groups in total. The minimum absolute atomic E-state index is 0.140. The van der Waals surface area contributed by atoms with E-state index in [0.717, 1.165) is 8.95 Å². The number of unbranched alkanes of at least 4 members (excludes halogenated alkanes) is 3. The molecule has 3 aromatic carbocycles. The van der Waals surface area contributed by atoms with Gasteiger partial charge < -0.3 is 0 Å². The van der Waals surface area contributed by atoms with Crippen LogP contribution in [0.2, 0.25) is 0 Å². The zero-order chi connectivity index (χ0) is 19.7. The van der Waals surface area contributed by atoms with E-state index in [-0.39, 0.29) is 5.41 Å². The molecule has 0 radical (unpaired) electrons. The summed E-state index contributed by atoms with van der Waals surface area (Å²) < 4.78 is 2.27. The Morgan fingerprint density at radius 1 is 0.714 bits per heavy atom. The van der Waals surface area contributed by atoms with E-state index in [1.54, 1.807) is 0 Å². The van der Waals surface area contributed by atoms with Gasteiger partial charge >= 0.3 is 0 Å². The molecule has 0 unspecified atom stereocenters. The summed E-state index contributed by atoms with van der Waals surface area (Å²) >= 11 is 7.38. The van der Waals surface area contributed by atoms with Gasteiger partial charge in [0.2, 0.25) is 0 Å². The van der Waals surface area contributed by atoms with Gasteiger partial charge in [0.1, 0.15) is 0 Å². The van der Waals surface area contributed by atoms with Crippen LogP contribution in [0.4, 0.5) is 0 Å². The van der Waals surface area contributed by atoms with Crippen LogP contribution in [-0.2, 0) is 11.8 Å². The lowest BCUT2D eigenvalue weighted by atomic mass is 9.74. The maximum atomic E-state index is 3.69. The molecule has 0 heterocycles. The Labute approximate surface area is 185 Å². The number of benzene rings is 3. The van der Waals surface area contributed by atoms with Crippen LogP contribution in [0, 0.1) is 0 Å². The third-order valence-electron chi connectivity index (χ3n) is 6.18. The van der Waals surface area contributed by atoms with E-state index in [2.05, 4.69) is 106 Å². The smallest absolute Gasteiger partial charge is 0.0436 e. The van der Waals surface area contributed by atoms with Crippen molar-refractivity contribution in [1.29, 1.82) is 0 Å². The third-order valence-corrected chi connectivity index (χ3v) is 7.17. The molecule has 2 heteroatoms. The molecule has 28 heavy (non-hydrogen) atoms. The van der Waals surface area contributed by atoms with Crippen LogP contribution >= 0.6 is 31.9 Å². The number of halogens is 2. The molecular formula is C26H26Br2. The summed E-state index contributed by atoms with van der Waals surface area (Å²) in [5, 5.41) is 0. The van der Waals surface area contributed by atoms with Gasteiger partial charge in [-0.3, -0.25) is 0 Å². The Balaban J connectivity index is 1.74. The van der Waals surface area contributed by atoms with Crippen LogP contribution < -0.4 is 0 Å². The van der Waals surface area contributed by atoms with Crippen molar-refractivity contribution >= 4 is 31.9 Å². The molecule has 1 aliphatic carbocycles. The average Bonchev–Trinajstić information content (AvgIpc) is 2.94. The van der Waals surface area contributed by atoms with Gasteiger partial charge in [-0.15, -0.1) is 0 Å². The summed E-state index contributed by atoms with van der Waals surface area (Å²) in [7, 11) is 0. The minimum Gasteiger partial charge on any atom is -0.0654 e. The molecular weight excluding hydrogens is 472 g/mol. The molecule has 4 rings (SSSR count). The number of aryl methyl sites for hydroxylation is 1. The third kappa shape index (κ3) is 3.50. The summed E-state index contributed by atoms with van der Waals surface area (Å²) in [6.07, 6.45) is 6.44. The molecule has 0 atom stereocenters. The zero-order valence-electron chi connectivity index (χ0n) is 16.6. The summed E-state index contributed by atoms with van der Waals surface area (Å²) in [4.78, 5) is 0. The lowest BCUT2D eigenvalue weighted by Crippen LogP contribution is -2.22. The first-order valence-corrected chi connectivity index (χ1v) is 11.8. The Morgan fingerprint density at radius 3 is 1.82 bits per heavy atom. The Hall–Kier alpha value is -1.38. The van der Waals surface area contributed by atoms with Crippen LogP contribution in [0.15, 0.2) is 69.6 Å². The molecule has 0 saturated carbocycles. The van der Waals surface area contributed by atoms with Gasteiger partial charge in [0.05, 0.1) is 0 Å². The van der Waals surface area contributed by atoms with E-state index in [9.17, 15) is 0 Å². The largest absolute Gasteiger partial charge is 0.0654 e. The highest BCUT2D eigenvalue weighted by Crippen LogP contribution is 2.53. The lowest BCUT2D eigenvalue weighted by Gasteiger charge is -2.29. The zero-order valence-corrected chi connectivity index (χ0v) is 19.7. The molecule has 144 valence electrons. The Morgan fingerprint density at radius 2 is 1.29 bits per heavy atom. The summed E-state index contributed by atoms with van der Waals surface area (Å²) in [6, 6.07) is 22.7. The van der Waals surface area contributed by atoms with Gasteiger partial charge in [-0.1, -0.05) is 94.4 Å². The second kappa shape index (κ2) is 8.16. The molecule has 0 aromatic heterocycles. The first-order valence-electron chi connectivity index (χ1n) is 10.2. The van der Waals surface area contributed by atoms with Crippen molar-refractivity contribution in [3.05, 3.63) is 91.9 Å². The quantitative estimate of drug-likeness (QED) is 0.299. The van der Waals surface area contributed by atoms with Crippen molar-refractivity contribution in [3.8, 4) is 11.1 Å². The molecule has 0 fully saturated rings. The van der Waals surface area contributed by atoms with Gasteiger partial charge in [0.15, 0.2) is 0 Å². The number of hydrogen-bond acceptors (Lipinski definition) is 0. The fourth-order valence-corrected chi connectivity index (χ4v) is 5.27. The van der Waals surface area contributed by atoms with Crippen LogP contribution in [0.1, 0.15) is 61.8 Å². The van der Waals surface area contributed by atoms with Crippen molar-refractivity contribution < 1.29 is 0 Å². The predicted octanol–water partition coefficient (Wildman–Crippen LogP) is 8.67. The molecule has 0 aliphatic heterocycles. The summed E-state index contributed by atoms with van der Waals surface area (Å²) in [6.45, 7) is 4.64. The Kier molecular flexibility index (Phi) is 5.81. The average molecular weight is 498 g/mol. The SMILES string of the molecule is CCCCCCc1ccc(C2(C)c3cc(Br)ccc3-c3ccc(Br)cc32)cc1. The molecule has 0 nitrogen and oxygen atoms in total. The van der Waals surface area contributed by atoms with Gasteiger partial charge in [-0.05, 0) is 77.4 Å². The maximum absolute atomic E-state index is 3.69. The van der Waals surface area contributed by atoms with E-state index in [1.165, 1.54) is 65.5 Å². The van der Waals surface area contributed by atoms with Gasteiger partial charge in [0.25, 0.3) is 0 Å². The number of hydrogen-bond donors (Lipinski definition) is 0. The van der Waals surface area contributed by atoms with E-state index in [0.29, 0.717) is 0 Å². The predicted molar refractivity (Wildman–Crippen MR) is 127 cm³/mol. The topological polar surface area (TPSA) is 0 Å². The lowest BCUT2D eigenvalue weighted by molar-refractivity contribution is 0.666. The molecule has 0 saturated heterocycles. The van der Waals surface area contributed by atoms with Crippen LogP contribution in [0.5, 0.6) is 0 Å². The van der Waals surface area contributed by atoms with E-state index < -0.39 is 0 Å². The van der Waals surface area contributed by atoms with Crippen molar-refractivity contribution in [2.75, 3.05) is 0 Å².